The number of carbonyl (C=O) groups excluding carboxylic acids is 1. The maximum Gasteiger partial charge on any atom is 0.219 e. The van der Waals surface area contributed by atoms with E-state index in [-0.39, 0.29) is 29.9 Å². The quantitative estimate of drug-likeness (QED) is 0.340. The second kappa shape index (κ2) is 11.9. The Balaban J connectivity index is 0.00000341. The zero-order valence-corrected chi connectivity index (χ0v) is 21.0. The lowest BCUT2D eigenvalue weighted by Gasteiger charge is -2.36. The molecule has 1 amide bonds. The van der Waals surface area contributed by atoms with E-state index >= 15 is 0 Å². The fourth-order valence-corrected chi connectivity index (χ4v) is 3.35. The van der Waals surface area contributed by atoms with Crippen molar-refractivity contribution in [3.8, 4) is 5.75 Å². The number of nitrogens with zero attached hydrogens (tertiary/aromatic N) is 6. The van der Waals surface area contributed by atoms with Crippen LogP contribution >= 0.6 is 24.0 Å². The Bertz CT molecular complexity index is 874. The number of piperazine rings is 1. The molecular weight excluding hydrogens is 509 g/mol. The normalized spacial score (nSPS) is 14.3. The highest BCUT2D eigenvalue weighted by atomic mass is 127. The molecule has 1 fully saturated rings. The van der Waals surface area contributed by atoms with E-state index in [1.54, 1.807) is 14.0 Å². The smallest absolute Gasteiger partial charge is 0.219 e. The van der Waals surface area contributed by atoms with Gasteiger partial charge in [-0.1, -0.05) is 12.1 Å². The van der Waals surface area contributed by atoms with Crippen LogP contribution < -0.4 is 10.1 Å². The number of aryl methyl sites for hydroxylation is 1. The Morgan fingerprint density at radius 3 is 2.32 bits per heavy atom. The monoisotopic (exact) mass is 541 g/mol. The topological polar surface area (TPSA) is 87.9 Å². The van der Waals surface area contributed by atoms with Gasteiger partial charge in [-0.3, -0.25) is 4.79 Å². The molecule has 31 heavy (non-hydrogen) atoms. The van der Waals surface area contributed by atoms with Crippen molar-refractivity contribution in [2.24, 2.45) is 12.0 Å². The minimum Gasteiger partial charge on any atom is -0.497 e. The summed E-state index contributed by atoms with van der Waals surface area (Å²) in [6.07, 6.45) is 0.874. The number of benzene rings is 1. The molecule has 0 spiro atoms. The summed E-state index contributed by atoms with van der Waals surface area (Å²) in [5.74, 6) is 3.51. The minimum atomic E-state index is 0. The number of nitrogens with one attached hydrogen (secondary N) is 1. The number of hydrogen-bond donors (Lipinski definition) is 1. The first kappa shape index (κ1) is 24.9. The van der Waals surface area contributed by atoms with E-state index in [0.717, 1.165) is 49.4 Å². The Morgan fingerprint density at radius 1 is 1.13 bits per heavy atom. The third-order valence-electron chi connectivity index (χ3n) is 5.43. The molecule has 1 N–H and O–H groups in total. The van der Waals surface area contributed by atoms with Crippen molar-refractivity contribution >= 4 is 35.8 Å². The van der Waals surface area contributed by atoms with Crippen molar-refractivity contribution in [3.05, 3.63) is 41.5 Å². The summed E-state index contributed by atoms with van der Waals surface area (Å²) in [5, 5.41) is 11.8. The molecule has 0 saturated carbocycles. The van der Waals surface area contributed by atoms with E-state index < -0.39 is 0 Å². The predicted octanol–water partition coefficient (Wildman–Crippen LogP) is 1.60. The molecule has 0 radical (unpaired) electrons. The van der Waals surface area contributed by atoms with Crippen molar-refractivity contribution in [2.75, 3.05) is 39.8 Å². The van der Waals surface area contributed by atoms with Crippen molar-refractivity contribution in [2.45, 2.75) is 26.8 Å². The van der Waals surface area contributed by atoms with Crippen LogP contribution in [-0.4, -0.2) is 76.3 Å². The summed E-state index contributed by atoms with van der Waals surface area (Å²) in [6, 6.07) is 8.10. The first-order valence-corrected chi connectivity index (χ1v) is 10.2. The standard InChI is InChI=1S/C21H31N7O2.HI/c1-16-24-25-20(26(16)3)15-23-21(28-13-11-27(12-14-28)17(2)29)22-10-9-18-5-7-19(30-4)8-6-18;/h5-8H,9-15H2,1-4H3,(H,22,23);1H. The summed E-state index contributed by atoms with van der Waals surface area (Å²) in [5.41, 5.74) is 1.23. The van der Waals surface area contributed by atoms with Crippen LogP contribution in [0.15, 0.2) is 29.3 Å². The van der Waals surface area contributed by atoms with Crippen molar-refractivity contribution in [3.63, 3.8) is 0 Å². The van der Waals surface area contributed by atoms with Crippen LogP contribution in [0.1, 0.15) is 24.1 Å². The van der Waals surface area contributed by atoms with Gasteiger partial charge in [-0.2, -0.15) is 0 Å². The largest absolute Gasteiger partial charge is 0.497 e. The molecule has 1 aromatic carbocycles. The second-order valence-corrected chi connectivity index (χ2v) is 7.38. The second-order valence-electron chi connectivity index (χ2n) is 7.38. The van der Waals surface area contributed by atoms with Gasteiger partial charge in [0.15, 0.2) is 11.8 Å². The first-order chi connectivity index (χ1) is 14.5. The molecule has 170 valence electrons. The summed E-state index contributed by atoms with van der Waals surface area (Å²) < 4.78 is 7.17. The predicted molar refractivity (Wildman–Crippen MR) is 131 cm³/mol. The van der Waals surface area contributed by atoms with Gasteiger partial charge in [0.2, 0.25) is 5.91 Å². The maximum absolute atomic E-state index is 11.6. The summed E-state index contributed by atoms with van der Waals surface area (Å²) in [4.78, 5) is 20.5. The Hall–Kier alpha value is -2.37. The van der Waals surface area contributed by atoms with Crippen molar-refractivity contribution in [1.82, 2.24) is 29.9 Å². The van der Waals surface area contributed by atoms with Crippen LogP contribution in [-0.2, 0) is 24.8 Å². The Kier molecular flexibility index (Phi) is 9.53. The molecule has 2 heterocycles. The van der Waals surface area contributed by atoms with Crippen molar-refractivity contribution < 1.29 is 9.53 Å². The molecule has 1 aromatic heterocycles. The maximum atomic E-state index is 11.6. The fraction of sp³-hybridized carbons (Fsp3) is 0.524. The highest BCUT2D eigenvalue weighted by molar-refractivity contribution is 14.0. The number of guanidine groups is 1. The molecule has 2 aromatic rings. The molecule has 3 rings (SSSR count). The summed E-state index contributed by atoms with van der Waals surface area (Å²) >= 11 is 0. The van der Waals surface area contributed by atoms with E-state index in [2.05, 4.69) is 32.5 Å². The van der Waals surface area contributed by atoms with E-state index in [1.807, 2.05) is 35.6 Å². The molecule has 0 aliphatic carbocycles. The zero-order valence-electron chi connectivity index (χ0n) is 18.7. The lowest BCUT2D eigenvalue weighted by atomic mass is 10.1. The minimum absolute atomic E-state index is 0. The van der Waals surface area contributed by atoms with Gasteiger partial charge in [0.05, 0.1) is 7.11 Å². The van der Waals surface area contributed by atoms with Crippen LogP contribution in [0.4, 0.5) is 0 Å². The molecule has 10 heteroatoms. The van der Waals surface area contributed by atoms with Gasteiger partial charge in [0.25, 0.3) is 0 Å². The number of amides is 1. The number of ether oxygens (including phenoxy) is 1. The third-order valence-corrected chi connectivity index (χ3v) is 5.43. The highest BCUT2D eigenvalue weighted by Crippen LogP contribution is 2.11. The Morgan fingerprint density at radius 2 is 1.77 bits per heavy atom. The molecule has 0 unspecified atom stereocenters. The van der Waals surface area contributed by atoms with Crippen LogP contribution in [0.2, 0.25) is 0 Å². The molecule has 9 nitrogen and oxygen atoms in total. The number of methoxy groups -OCH3 is 1. The van der Waals surface area contributed by atoms with Crippen LogP contribution in [0.25, 0.3) is 0 Å². The van der Waals surface area contributed by atoms with Gasteiger partial charge in [0, 0.05) is 46.7 Å². The fourth-order valence-electron chi connectivity index (χ4n) is 3.35. The average molecular weight is 541 g/mol. The number of rotatable bonds is 6. The average Bonchev–Trinajstić information content (AvgIpc) is 3.08. The van der Waals surface area contributed by atoms with E-state index in [9.17, 15) is 4.79 Å². The highest BCUT2D eigenvalue weighted by Gasteiger charge is 2.21. The SMILES string of the molecule is COc1ccc(CCNC(=NCc2nnc(C)n2C)N2CCN(C(C)=O)CC2)cc1.I. The number of aliphatic imine (C=N–C) groups is 1. The molecule has 1 aliphatic heterocycles. The summed E-state index contributed by atoms with van der Waals surface area (Å²) in [7, 11) is 3.62. The molecular formula is C21H32IN7O2. The lowest BCUT2D eigenvalue weighted by Crippen LogP contribution is -2.53. The Labute approximate surface area is 200 Å². The van der Waals surface area contributed by atoms with Gasteiger partial charge in [-0.15, -0.1) is 34.2 Å². The number of aromatic nitrogens is 3. The number of carbonyl (C=O) groups is 1. The zero-order chi connectivity index (χ0) is 21.5. The molecule has 0 bridgehead atoms. The number of hydrogen-bond acceptors (Lipinski definition) is 5. The first-order valence-electron chi connectivity index (χ1n) is 10.2. The molecule has 1 aliphatic rings. The molecule has 0 atom stereocenters. The van der Waals surface area contributed by atoms with Gasteiger partial charge in [-0.25, -0.2) is 4.99 Å². The van der Waals surface area contributed by atoms with E-state index in [1.165, 1.54) is 5.56 Å². The third kappa shape index (κ3) is 6.81. The molecule has 1 saturated heterocycles. The van der Waals surface area contributed by atoms with Gasteiger partial charge in [0.1, 0.15) is 18.1 Å². The van der Waals surface area contributed by atoms with Crippen molar-refractivity contribution in [1.29, 1.82) is 0 Å². The summed E-state index contributed by atoms with van der Waals surface area (Å²) in [6.45, 7) is 7.68. The van der Waals surface area contributed by atoms with Crippen LogP contribution in [0, 0.1) is 6.92 Å². The van der Waals surface area contributed by atoms with Gasteiger partial charge in [-0.05, 0) is 31.0 Å². The van der Waals surface area contributed by atoms with E-state index in [0.29, 0.717) is 19.6 Å². The van der Waals surface area contributed by atoms with Crippen LogP contribution in [0.5, 0.6) is 5.75 Å². The van der Waals surface area contributed by atoms with Gasteiger partial charge >= 0.3 is 0 Å². The lowest BCUT2D eigenvalue weighted by molar-refractivity contribution is -0.130. The van der Waals surface area contributed by atoms with E-state index in [4.69, 9.17) is 9.73 Å². The van der Waals surface area contributed by atoms with Gasteiger partial charge < -0.3 is 24.4 Å². The number of halogens is 1. The van der Waals surface area contributed by atoms with Crippen LogP contribution in [0.3, 0.4) is 0 Å².